The quantitative estimate of drug-likeness (QED) is 0.672. The van der Waals surface area contributed by atoms with Gasteiger partial charge in [0.05, 0.1) is 17.0 Å². The second-order valence-electron chi connectivity index (χ2n) is 4.85. The number of carbonyl (C=O) groups excluding carboxylic acids is 1. The van der Waals surface area contributed by atoms with Crippen molar-refractivity contribution in [2.75, 3.05) is 5.32 Å². The number of pyridine rings is 1. The standard InChI is InChI=1S/C16H10FN3O/c17-10-3-4-13-11(7-10)9(8-19-13)6-12-15-14(20-16(12)21)2-1-5-18-15/h1-8,19H,(H,20,21)/b12-6-. The lowest BCUT2D eigenvalue weighted by Crippen LogP contribution is -2.03. The third-order valence-electron chi connectivity index (χ3n) is 3.53. The van der Waals surface area contributed by atoms with Gasteiger partial charge in [-0.15, -0.1) is 0 Å². The molecule has 0 fully saturated rings. The maximum Gasteiger partial charge on any atom is 0.258 e. The fraction of sp³-hybridized carbons (Fsp3) is 0. The van der Waals surface area contributed by atoms with Gasteiger partial charge in [-0.3, -0.25) is 9.78 Å². The number of halogens is 1. The van der Waals surface area contributed by atoms with Crippen LogP contribution in [-0.4, -0.2) is 15.9 Å². The molecule has 1 aromatic carbocycles. The van der Waals surface area contributed by atoms with Gasteiger partial charge in [0.25, 0.3) is 5.91 Å². The number of anilines is 1. The molecule has 0 saturated heterocycles. The number of aromatic nitrogens is 2. The maximum absolute atomic E-state index is 13.4. The van der Waals surface area contributed by atoms with E-state index in [4.69, 9.17) is 0 Å². The number of amides is 1. The lowest BCUT2D eigenvalue weighted by atomic mass is 10.1. The molecule has 2 aromatic heterocycles. The molecule has 1 amide bonds. The molecule has 3 heterocycles. The molecule has 4 rings (SSSR count). The van der Waals surface area contributed by atoms with Gasteiger partial charge in [0.1, 0.15) is 5.82 Å². The normalized spacial score (nSPS) is 15.5. The molecule has 21 heavy (non-hydrogen) atoms. The first-order chi connectivity index (χ1) is 10.2. The number of hydrogen-bond acceptors (Lipinski definition) is 2. The summed E-state index contributed by atoms with van der Waals surface area (Å²) < 4.78 is 13.4. The molecular formula is C16H10FN3O. The third-order valence-corrected chi connectivity index (χ3v) is 3.53. The topological polar surface area (TPSA) is 57.8 Å². The Morgan fingerprint density at radius 3 is 3.05 bits per heavy atom. The van der Waals surface area contributed by atoms with Crippen LogP contribution in [0, 0.1) is 5.82 Å². The molecule has 5 heteroatoms. The Morgan fingerprint density at radius 1 is 1.24 bits per heavy atom. The third kappa shape index (κ3) is 1.82. The molecule has 1 aliphatic rings. The summed E-state index contributed by atoms with van der Waals surface area (Å²) in [5.41, 5.74) is 3.37. The number of fused-ring (bicyclic) bond motifs is 2. The summed E-state index contributed by atoms with van der Waals surface area (Å²) in [6, 6.07) is 8.09. The summed E-state index contributed by atoms with van der Waals surface area (Å²) >= 11 is 0. The van der Waals surface area contributed by atoms with Crippen molar-refractivity contribution in [2.24, 2.45) is 0 Å². The number of H-pyrrole nitrogens is 1. The molecule has 2 N–H and O–H groups in total. The largest absolute Gasteiger partial charge is 0.361 e. The van der Waals surface area contributed by atoms with Crippen LogP contribution in [0.25, 0.3) is 22.6 Å². The lowest BCUT2D eigenvalue weighted by molar-refractivity contribution is -0.110. The molecule has 4 nitrogen and oxygen atoms in total. The van der Waals surface area contributed by atoms with Gasteiger partial charge in [-0.25, -0.2) is 4.39 Å². The Morgan fingerprint density at radius 2 is 2.14 bits per heavy atom. The highest BCUT2D eigenvalue weighted by Crippen LogP contribution is 2.32. The Kier molecular flexibility index (Phi) is 2.41. The van der Waals surface area contributed by atoms with Crippen LogP contribution in [0.15, 0.2) is 42.7 Å². The summed E-state index contributed by atoms with van der Waals surface area (Å²) in [7, 11) is 0. The van der Waals surface area contributed by atoms with Gasteiger partial charge in [-0.05, 0) is 36.4 Å². The van der Waals surface area contributed by atoms with Crippen molar-refractivity contribution in [3.63, 3.8) is 0 Å². The summed E-state index contributed by atoms with van der Waals surface area (Å²) in [5, 5.41) is 3.50. The minimum Gasteiger partial charge on any atom is -0.361 e. The van der Waals surface area contributed by atoms with E-state index >= 15 is 0 Å². The number of nitrogens with zero attached hydrogens (tertiary/aromatic N) is 1. The zero-order valence-electron chi connectivity index (χ0n) is 10.9. The number of aromatic amines is 1. The highest BCUT2D eigenvalue weighted by molar-refractivity contribution is 6.34. The smallest absolute Gasteiger partial charge is 0.258 e. The first kappa shape index (κ1) is 11.8. The van der Waals surface area contributed by atoms with E-state index in [1.165, 1.54) is 12.1 Å². The second-order valence-corrected chi connectivity index (χ2v) is 4.85. The second kappa shape index (κ2) is 4.28. The summed E-state index contributed by atoms with van der Waals surface area (Å²) in [5.74, 6) is -0.509. The lowest BCUT2D eigenvalue weighted by Gasteiger charge is -1.97. The molecule has 1 aliphatic heterocycles. The summed E-state index contributed by atoms with van der Waals surface area (Å²) in [6.07, 6.45) is 5.12. The van der Waals surface area contributed by atoms with Crippen molar-refractivity contribution in [3.05, 3.63) is 59.8 Å². The van der Waals surface area contributed by atoms with Gasteiger partial charge in [0, 0.05) is 28.9 Å². The number of rotatable bonds is 1. The average molecular weight is 279 g/mol. The minimum absolute atomic E-state index is 0.200. The number of hydrogen-bond donors (Lipinski definition) is 2. The van der Waals surface area contributed by atoms with E-state index < -0.39 is 0 Å². The zero-order valence-corrected chi connectivity index (χ0v) is 10.9. The van der Waals surface area contributed by atoms with E-state index in [1.807, 2.05) is 0 Å². The first-order valence-electron chi connectivity index (χ1n) is 6.47. The van der Waals surface area contributed by atoms with E-state index in [0.29, 0.717) is 17.0 Å². The summed E-state index contributed by atoms with van der Waals surface area (Å²) in [6.45, 7) is 0. The average Bonchev–Trinajstić information content (AvgIpc) is 3.01. The van der Waals surface area contributed by atoms with E-state index in [1.54, 1.807) is 36.7 Å². The SMILES string of the molecule is O=C1Nc2cccnc2/C1=C/c1c[nH]c2ccc(F)cc12. The van der Waals surface area contributed by atoms with Crippen LogP contribution in [0.2, 0.25) is 0 Å². The minimum atomic E-state index is -0.309. The predicted octanol–water partition coefficient (Wildman–Crippen LogP) is 3.19. The predicted molar refractivity (Wildman–Crippen MR) is 79.0 cm³/mol. The first-order valence-corrected chi connectivity index (χ1v) is 6.47. The van der Waals surface area contributed by atoms with E-state index in [0.717, 1.165) is 16.5 Å². The van der Waals surface area contributed by atoms with Crippen LogP contribution in [0.1, 0.15) is 11.3 Å². The van der Waals surface area contributed by atoms with Crippen LogP contribution in [0.4, 0.5) is 10.1 Å². The number of carbonyl (C=O) groups is 1. The molecule has 0 spiro atoms. The van der Waals surface area contributed by atoms with Crippen LogP contribution >= 0.6 is 0 Å². The van der Waals surface area contributed by atoms with Crippen molar-refractivity contribution < 1.29 is 9.18 Å². The molecule has 0 radical (unpaired) electrons. The highest BCUT2D eigenvalue weighted by atomic mass is 19.1. The Hall–Kier alpha value is -2.95. The Balaban J connectivity index is 1.91. The fourth-order valence-electron chi connectivity index (χ4n) is 2.54. The van der Waals surface area contributed by atoms with E-state index in [9.17, 15) is 9.18 Å². The van der Waals surface area contributed by atoms with Gasteiger partial charge < -0.3 is 10.3 Å². The van der Waals surface area contributed by atoms with Gasteiger partial charge >= 0.3 is 0 Å². The zero-order chi connectivity index (χ0) is 14.4. The van der Waals surface area contributed by atoms with Crippen molar-refractivity contribution in [1.29, 1.82) is 0 Å². The van der Waals surface area contributed by atoms with E-state index in [-0.39, 0.29) is 11.7 Å². The molecule has 0 saturated carbocycles. The van der Waals surface area contributed by atoms with Crippen molar-refractivity contribution in [2.45, 2.75) is 0 Å². The molecule has 0 bridgehead atoms. The van der Waals surface area contributed by atoms with Gasteiger partial charge in [0.2, 0.25) is 0 Å². The van der Waals surface area contributed by atoms with Crippen molar-refractivity contribution >= 4 is 34.1 Å². The van der Waals surface area contributed by atoms with E-state index in [2.05, 4.69) is 15.3 Å². The van der Waals surface area contributed by atoms with Crippen LogP contribution in [0.3, 0.4) is 0 Å². The molecule has 102 valence electrons. The van der Waals surface area contributed by atoms with Gasteiger partial charge in [0.15, 0.2) is 0 Å². The Bertz CT molecular complexity index is 911. The highest BCUT2D eigenvalue weighted by Gasteiger charge is 2.25. The van der Waals surface area contributed by atoms with Gasteiger partial charge in [-0.2, -0.15) is 0 Å². The summed E-state index contributed by atoms with van der Waals surface area (Å²) in [4.78, 5) is 19.4. The van der Waals surface area contributed by atoms with Crippen molar-refractivity contribution in [3.8, 4) is 0 Å². The molecule has 0 aliphatic carbocycles. The Labute approximate surface area is 119 Å². The number of nitrogens with one attached hydrogen (secondary N) is 2. The van der Waals surface area contributed by atoms with Crippen LogP contribution < -0.4 is 5.32 Å². The monoisotopic (exact) mass is 279 g/mol. The molecule has 0 atom stereocenters. The maximum atomic E-state index is 13.4. The fourth-order valence-corrected chi connectivity index (χ4v) is 2.54. The molecule has 0 unspecified atom stereocenters. The van der Waals surface area contributed by atoms with Crippen LogP contribution in [0.5, 0.6) is 0 Å². The number of benzene rings is 1. The van der Waals surface area contributed by atoms with Crippen molar-refractivity contribution in [1.82, 2.24) is 9.97 Å². The molecule has 3 aromatic rings. The molecular weight excluding hydrogens is 269 g/mol. The van der Waals surface area contributed by atoms with Gasteiger partial charge in [-0.1, -0.05) is 0 Å². The van der Waals surface area contributed by atoms with Crippen LogP contribution in [-0.2, 0) is 4.79 Å².